The molecule has 1 fully saturated rings. The number of ether oxygens (including phenoxy) is 1. The summed E-state index contributed by atoms with van der Waals surface area (Å²) in [6.45, 7) is 0. The highest BCUT2D eigenvalue weighted by Crippen LogP contribution is 2.42. The minimum absolute atomic E-state index is 0.251. The Hall–Kier alpha value is -1.50. The number of esters is 1. The number of carboxylic acids is 1. The average molecular weight is 243 g/mol. The topological polar surface area (TPSA) is 83.9 Å². The number of fused-ring (bicyclic) bond motifs is 1. The summed E-state index contributed by atoms with van der Waals surface area (Å²) >= 11 is 1.32. The molecule has 0 spiro atoms. The van der Waals surface area contributed by atoms with Crippen LogP contribution in [0.5, 0.6) is 0 Å². The monoisotopic (exact) mass is 243 g/mol. The molecule has 1 saturated heterocycles. The van der Waals surface area contributed by atoms with Crippen LogP contribution in [0.2, 0.25) is 0 Å². The number of carboxylic acid groups (broad SMARTS) is 1. The zero-order chi connectivity index (χ0) is 11.9. The molecule has 2 aliphatic rings. The van der Waals surface area contributed by atoms with Crippen LogP contribution < -0.4 is 0 Å². The molecule has 2 rings (SSSR count). The normalized spacial score (nSPS) is 31.7. The van der Waals surface area contributed by atoms with Crippen molar-refractivity contribution in [2.24, 2.45) is 0 Å². The SMILES string of the molecule is COC(=O)C1(C(=O)O)C=CS[C@@H]2CC(=O)N21. The summed E-state index contributed by atoms with van der Waals surface area (Å²) in [6.07, 6.45) is 1.44. The van der Waals surface area contributed by atoms with Crippen molar-refractivity contribution < 1.29 is 24.2 Å². The largest absolute Gasteiger partial charge is 0.479 e. The van der Waals surface area contributed by atoms with Crippen LogP contribution in [0, 0.1) is 0 Å². The third kappa shape index (κ3) is 1.18. The maximum Gasteiger partial charge on any atom is 0.347 e. The van der Waals surface area contributed by atoms with Gasteiger partial charge in [-0.1, -0.05) is 0 Å². The minimum atomic E-state index is -1.99. The lowest BCUT2D eigenvalue weighted by Gasteiger charge is -2.49. The third-order valence-electron chi connectivity index (χ3n) is 2.65. The van der Waals surface area contributed by atoms with E-state index in [0.717, 1.165) is 12.0 Å². The maximum atomic E-state index is 11.6. The Labute approximate surface area is 95.2 Å². The summed E-state index contributed by atoms with van der Waals surface area (Å²) in [5.74, 6) is -2.70. The van der Waals surface area contributed by atoms with Gasteiger partial charge in [-0.15, -0.1) is 11.8 Å². The number of amides is 1. The van der Waals surface area contributed by atoms with E-state index in [1.165, 1.54) is 23.2 Å². The maximum absolute atomic E-state index is 11.6. The molecule has 1 amide bonds. The van der Waals surface area contributed by atoms with Crippen LogP contribution in [0.3, 0.4) is 0 Å². The van der Waals surface area contributed by atoms with Crippen LogP contribution in [0.25, 0.3) is 0 Å². The van der Waals surface area contributed by atoms with Crippen LogP contribution >= 0.6 is 11.8 Å². The van der Waals surface area contributed by atoms with Gasteiger partial charge in [-0.05, 0) is 11.5 Å². The van der Waals surface area contributed by atoms with E-state index < -0.39 is 17.5 Å². The molecule has 0 aromatic rings. The number of carbonyl (C=O) groups is 3. The number of methoxy groups -OCH3 is 1. The van der Waals surface area contributed by atoms with E-state index in [1.807, 2.05) is 0 Å². The molecular formula is C9H9NO5S. The standard InChI is InChI=1S/C9H9NO5S/c1-15-8(14)9(7(12)13)2-3-16-6-4-5(11)10(6)9/h2-3,6H,4H2,1H3,(H,12,13)/t6-,9?/m1/s1. The zero-order valence-electron chi connectivity index (χ0n) is 8.37. The van der Waals surface area contributed by atoms with Gasteiger partial charge in [0.25, 0.3) is 5.54 Å². The average Bonchev–Trinajstić information content (AvgIpc) is 2.25. The number of β-lactam (4-membered cyclic amide) rings is 1. The van der Waals surface area contributed by atoms with Gasteiger partial charge in [-0.3, -0.25) is 4.79 Å². The smallest absolute Gasteiger partial charge is 0.347 e. The first-order chi connectivity index (χ1) is 7.54. The molecule has 1 unspecified atom stereocenters. The van der Waals surface area contributed by atoms with Crippen LogP contribution in [-0.4, -0.2) is 45.9 Å². The fraction of sp³-hybridized carbons (Fsp3) is 0.444. The Morgan fingerprint density at radius 2 is 2.38 bits per heavy atom. The number of rotatable bonds is 2. The van der Waals surface area contributed by atoms with Gasteiger partial charge in [0, 0.05) is 0 Å². The summed E-state index contributed by atoms with van der Waals surface area (Å²) in [6, 6.07) is 0. The first kappa shape index (κ1) is 11.0. The highest BCUT2D eigenvalue weighted by atomic mass is 32.2. The molecule has 16 heavy (non-hydrogen) atoms. The molecule has 0 bridgehead atoms. The first-order valence-corrected chi connectivity index (χ1v) is 5.45. The number of hydrogen-bond donors (Lipinski definition) is 1. The molecule has 1 N–H and O–H groups in total. The van der Waals surface area contributed by atoms with E-state index in [9.17, 15) is 19.5 Å². The van der Waals surface area contributed by atoms with E-state index in [4.69, 9.17) is 0 Å². The third-order valence-corrected chi connectivity index (χ3v) is 3.64. The summed E-state index contributed by atoms with van der Waals surface area (Å²) in [5, 5.41) is 10.4. The second-order valence-electron chi connectivity index (χ2n) is 3.42. The van der Waals surface area contributed by atoms with Crippen molar-refractivity contribution in [3.63, 3.8) is 0 Å². The van der Waals surface area contributed by atoms with Crippen molar-refractivity contribution in [1.29, 1.82) is 0 Å². The molecular weight excluding hydrogens is 234 g/mol. The van der Waals surface area contributed by atoms with Crippen LogP contribution in [-0.2, 0) is 19.1 Å². The Morgan fingerprint density at radius 1 is 1.69 bits per heavy atom. The number of carbonyl (C=O) groups excluding carboxylic acids is 2. The van der Waals surface area contributed by atoms with Crippen molar-refractivity contribution in [1.82, 2.24) is 4.90 Å². The second-order valence-corrected chi connectivity index (χ2v) is 4.51. The van der Waals surface area contributed by atoms with Gasteiger partial charge in [0.1, 0.15) is 0 Å². The Morgan fingerprint density at radius 3 is 2.88 bits per heavy atom. The van der Waals surface area contributed by atoms with Crippen LogP contribution in [0.4, 0.5) is 0 Å². The summed E-state index contributed by atoms with van der Waals surface area (Å²) in [7, 11) is 1.10. The fourth-order valence-electron chi connectivity index (χ4n) is 1.81. The first-order valence-electron chi connectivity index (χ1n) is 4.51. The molecule has 2 aliphatic heterocycles. The molecule has 0 radical (unpaired) electrons. The molecule has 0 aromatic carbocycles. The van der Waals surface area contributed by atoms with E-state index in [0.29, 0.717) is 0 Å². The van der Waals surface area contributed by atoms with Gasteiger partial charge < -0.3 is 14.7 Å². The summed E-state index contributed by atoms with van der Waals surface area (Å²) in [5.41, 5.74) is -1.99. The lowest BCUT2D eigenvalue weighted by atomic mass is 9.92. The van der Waals surface area contributed by atoms with Crippen molar-refractivity contribution in [2.45, 2.75) is 17.3 Å². The number of hydrogen-bond acceptors (Lipinski definition) is 5. The van der Waals surface area contributed by atoms with Gasteiger partial charge in [0.15, 0.2) is 0 Å². The second kappa shape index (κ2) is 3.51. The molecule has 2 heterocycles. The number of aliphatic carboxylic acids is 1. The van der Waals surface area contributed by atoms with Crippen LogP contribution in [0.15, 0.2) is 11.5 Å². The van der Waals surface area contributed by atoms with Crippen molar-refractivity contribution >= 4 is 29.6 Å². The molecule has 6 nitrogen and oxygen atoms in total. The Balaban J connectivity index is 2.48. The number of nitrogens with zero attached hydrogens (tertiary/aromatic N) is 1. The lowest BCUT2D eigenvalue weighted by Crippen LogP contribution is -2.70. The zero-order valence-corrected chi connectivity index (χ0v) is 9.19. The highest BCUT2D eigenvalue weighted by molar-refractivity contribution is 8.02. The van der Waals surface area contributed by atoms with Crippen LogP contribution in [0.1, 0.15) is 6.42 Å². The van der Waals surface area contributed by atoms with Crippen molar-refractivity contribution in [3.05, 3.63) is 11.5 Å². The molecule has 86 valence electrons. The van der Waals surface area contributed by atoms with Gasteiger partial charge in [0.2, 0.25) is 5.91 Å². The Kier molecular flexibility index (Phi) is 2.42. The molecule has 0 saturated carbocycles. The predicted molar refractivity (Wildman–Crippen MR) is 54.4 cm³/mol. The Bertz CT molecular complexity index is 407. The summed E-state index contributed by atoms with van der Waals surface area (Å²) in [4.78, 5) is 35.3. The van der Waals surface area contributed by atoms with Gasteiger partial charge >= 0.3 is 11.9 Å². The van der Waals surface area contributed by atoms with Gasteiger partial charge in [0.05, 0.1) is 18.9 Å². The lowest BCUT2D eigenvalue weighted by molar-refractivity contribution is -0.177. The van der Waals surface area contributed by atoms with E-state index in [2.05, 4.69) is 4.74 Å². The number of thioether (sulfide) groups is 1. The predicted octanol–water partition coefficient (Wildman–Crippen LogP) is -0.198. The molecule has 2 atom stereocenters. The molecule has 0 aromatic heterocycles. The van der Waals surface area contributed by atoms with E-state index in [1.54, 1.807) is 0 Å². The molecule has 7 heteroatoms. The fourth-order valence-corrected chi connectivity index (χ4v) is 2.91. The van der Waals surface area contributed by atoms with Crippen molar-refractivity contribution in [2.75, 3.05) is 7.11 Å². The van der Waals surface area contributed by atoms with E-state index in [-0.39, 0.29) is 17.7 Å². The highest BCUT2D eigenvalue weighted by Gasteiger charge is 2.61. The molecule has 0 aliphatic carbocycles. The minimum Gasteiger partial charge on any atom is -0.479 e. The van der Waals surface area contributed by atoms with E-state index >= 15 is 0 Å². The van der Waals surface area contributed by atoms with Gasteiger partial charge in [-0.25, -0.2) is 9.59 Å². The summed E-state index contributed by atoms with van der Waals surface area (Å²) < 4.78 is 4.48. The van der Waals surface area contributed by atoms with Crippen molar-refractivity contribution in [3.8, 4) is 0 Å². The quantitative estimate of drug-likeness (QED) is 0.411. The van der Waals surface area contributed by atoms with Gasteiger partial charge in [-0.2, -0.15) is 0 Å².